The molecular formula is C40H24F3NO. The van der Waals surface area contributed by atoms with Gasteiger partial charge in [0.1, 0.15) is 11.2 Å². The van der Waals surface area contributed by atoms with Gasteiger partial charge in [0, 0.05) is 33.5 Å². The van der Waals surface area contributed by atoms with Gasteiger partial charge in [0.2, 0.25) is 0 Å². The number of alkyl halides is 3. The van der Waals surface area contributed by atoms with Crippen LogP contribution in [0.5, 0.6) is 0 Å². The minimum Gasteiger partial charge on any atom is -0.455 e. The number of rotatable bonds is 4. The van der Waals surface area contributed by atoms with Gasteiger partial charge in [-0.2, -0.15) is 13.2 Å². The van der Waals surface area contributed by atoms with Crippen LogP contribution in [0.1, 0.15) is 5.56 Å². The van der Waals surface area contributed by atoms with Gasteiger partial charge in [-0.25, -0.2) is 0 Å². The molecule has 0 radical (unpaired) electrons. The molecular weight excluding hydrogens is 567 g/mol. The number of furan rings is 1. The zero-order valence-electron chi connectivity index (χ0n) is 23.8. The van der Waals surface area contributed by atoms with Gasteiger partial charge in [0.15, 0.2) is 0 Å². The molecule has 0 aliphatic heterocycles. The van der Waals surface area contributed by atoms with Crippen LogP contribution >= 0.6 is 0 Å². The van der Waals surface area contributed by atoms with Gasteiger partial charge in [-0.15, -0.1) is 0 Å². The number of aromatic nitrogens is 1. The smallest absolute Gasteiger partial charge is 0.416 e. The van der Waals surface area contributed by atoms with Crippen molar-refractivity contribution in [3.63, 3.8) is 0 Å². The number of fused-ring (bicyclic) bond motifs is 4. The standard InChI is InChI=1S/C40H24F3NO/c41-40(42,43)33-20-18-26(19-21-33)25-8-10-27(11-9-25)30-16-17-31-22-32(24-44-37(31)23-30)28-12-14-29(15-13-28)34-5-3-6-36-35-4-1-2-7-38(35)45-39(34)36/h1-24H. The predicted octanol–water partition coefficient (Wildman–Crippen LogP) is 11.8. The fourth-order valence-corrected chi connectivity index (χ4v) is 5.98. The van der Waals surface area contributed by atoms with E-state index >= 15 is 0 Å². The molecule has 216 valence electrons. The van der Waals surface area contributed by atoms with E-state index in [-0.39, 0.29) is 0 Å². The summed E-state index contributed by atoms with van der Waals surface area (Å²) in [6.45, 7) is 0. The highest BCUT2D eigenvalue weighted by Crippen LogP contribution is 2.37. The van der Waals surface area contributed by atoms with Crippen LogP contribution in [0.25, 0.3) is 77.3 Å². The molecule has 0 aliphatic carbocycles. The van der Waals surface area contributed by atoms with E-state index < -0.39 is 11.7 Å². The molecule has 5 heteroatoms. The number of benzene rings is 6. The van der Waals surface area contributed by atoms with E-state index in [0.717, 1.165) is 89.5 Å². The third kappa shape index (κ3) is 4.92. The molecule has 0 unspecified atom stereocenters. The molecule has 0 saturated carbocycles. The van der Waals surface area contributed by atoms with Crippen LogP contribution in [0.15, 0.2) is 150 Å². The maximum absolute atomic E-state index is 12.9. The van der Waals surface area contributed by atoms with Gasteiger partial charge < -0.3 is 4.42 Å². The highest BCUT2D eigenvalue weighted by atomic mass is 19.4. The first-order valence-electron chi connectivity index (χ1n) is 14.6. The van der Waals surface area contributed by atoms with Crippen LogP contribution < -0.4 is 0 Å². The van der Waals surface area contributed by atoms with E-state index in [9.17, 15) is 13.2 Å². The fourth-order valence-electron chi connectivity index (χ4n) is 5.98. The first kappa shape index (κ1) is 26.9. The summed E-state index contributed by atoms with van der Waals surface area (Å²) in [5, 5.41) is 3.26. The third-order valence-corrected chi connectivity index (χ3v) is 8.38. The minimum absolute atomic E-state index is 0.650. The SMILES string of the molecule is FC(F)(F)c1ccc(-c2ccc(-c3ccc4cc(-c5ccc(-c6cccc7c6oc6ccccc67)cc5)cnc4c3)cc2)cc1. The lowest BCUT2D eigenvalue weighted by Crippen LogP contribution is -2.03. The Morgan fingerprint density at radius 2 is 1.07 bits per heavy atom. The molecule has 0 bridgehead atoms. The van der Waals surface area contributed by atoms with Gasteiger partial charge in [-0.05, 0) is 63.7 Å². The van der Waals surface area contributed by atoms with Crippen molar-refractivity contribution in [3.8, 4) is 44.5 Å². The summed E-state index contributed by atoms with van der Waals surface area (Å²) in [7, 11) is 0. The molecule has 0 atom stereocenters. The Kier molecular flexibility index (Phi) is 6.27. The van der Waals surface area contributed by atoms with Crippen molar-refractivity contribution in [3.05, 3.63) is 151 Å². The summed E-state index contributed by atoms with van der Waals surface area (Å²) in [5.74, 6) is 0. The number of para-hydroxylation sites is 2. The van der Waals surface area contributed by atoms with Gasteiger partial charge in [-0.1, -0.05) is 109 Å². The van der Waals surface area contributed by atoms with Gasteiger partial charge >= 0.3 is 6.18 Å². The lowest BCUT2D eigenvalue weighted by molar-refractivity contribution is -0.137. The van der Waals surface area contributed by atoms with Gasteiger partial charge in [-0.3, -0.25) is 4.98 Å². The molecule has 8 aromatic rings. The van der Waals surface area contributed by atoms with E-state index in [2.05, 4.69) is 72.8 Å². The molecule has 0 amide bonds. The highest BCUT2D eigenvalue weighted by molar-refractivity contribution is 6.09. The van der Waals surface area contributed by atoms with Crippen LogP contribution in [0.2, 0.25) is 0 Å². The zero-order chi connectivity index (χ0) is 30.5. The number of hydrogen-bond acceptors (Lipinski definition) is 2. The first-order valence-corrected chi connectivity index (χ1v) is 14.6. The second-order valence-corrected chi connectivity index (χ2v) is 11.1. The summed E-state index contributed by atoms with van der Waals surface area (Å²) >= 11 is 0. The second kappa shape index (κ2) is 10.5. The van der Waals surface area contributed by atoms with E-state index in [1.165, 1.54) is 12.1 Å². The molecule has 0 fully saturated rings. The van der Waals surface area contributed by atoms with Crippen molar-refractivity contribution in [2.24, 2.45) is 0 Å². The Labute approximate surface area is 257 Å². The van der Waals surface area contributed by atoms with E-state index in [1.54, 1.807) is 0 Å². The normalized spacial score (nSPS) is 11.9. The lowest BCUT2D eigenvalue weighted by Gasteiger charge is -2.09. The van der Waals surface area contributed by atoms with Crippen molar-refractivity contribution in [1.82, 2.24) is 4.98 Å². The van der Waals surface area contributed by atoms with Crippen LogP contribution in [0.4, 0.5) is 13.2 Å². The summed E-state index contributed by atoms with van der Waals surface area (Å²) in [6, 6.07) is 44.3. The summed E-state index contributed by atoms with van der Waals surface area (Å²) in [6.07, 6.45) is -2.45. The van der Waals surface area contributed by atoms with Crippen molar-refractivity contribution in [2.45, 2.75) is 6.18 Å². The van der Waals surface area contributed by atoms with Crippen LogP contribution in [-0.2, 0) is 6.18 Å². The van der Waals surface area contributed by atoms with Crippen molar-refractivity contribution in [1.29, 1.82) is 0 Å². The minimum atomic E-state index is -4.34. The second-order valence-electron chi connectivity index (χ2n) is 11.1. The average molecular weight is 592 g/mol. The predicted molar refractivity (Wildman–Crippen MR) is 176 cm³/mol. The highest BCUT2D eigenvalue weighted by Gasteiger charge is 2.30. The van der Waals surface area contributed by atoms with Gasteiger partial charge in [0.25, 0.3) is 0 Å². The number of pyridine rings is 1. The summed E-state index contributed by atoms with van der Waals surface area (Å²) < 4.78 is 45.0. The Morgan fingerprint density at radius 3 is 1.78 bits per heavy atom. The largest absolute Gasteiger partial charge is 0.455 e. The van der Waals surface area contributed by atoms with E-state index in [0.29, 0.717) is 0 Å². The molecule has 2 nitrogen and oxygen atoms in total. The number of halogens is 3. The molecule has 2 heterocycles. The zero-order valence-corrected chi connectivity index (χ0v) is 23.8. The molecule has 8 rings (SSSR count). The van der Waals surface area contributed by atoms with Gasteiger partial charge in [0.05, 0.1) is 11.1 Å². The summed E-state index contributed by atoms with van der Waals surface area (Å²) in [5.41, 5.74) is 9.90. The molecule has 6 aromatic carbocycles. The molecule has 0 N–H and O–H groups in total. The molecule has 45 heavy (non-hydrogen) atoms. The van der Waals surface area contributed by atoms with Crippen molar-refractivity contribution in [2.75, 3.05) is 0 Å². The van der Waals surface area contributed by atoms with Crippen molar-refractivity contribution >= 4 is 32.8 Å². The monoisotopic (exact) mass is 591 g/mol. The molecule has 0 saturated heterocycles. The molecule has 0 aliphatic rings. The maximum Gasteiger partial charge on any atom is 0.416 e. The van der Waals surface area contributed by atoms with E-state index in [1.807, 2.05) is 48.7 Å². The van der Waals surface area contributed by atoms with Crippen LogP contribution in [-0.4, -0.2) is 4.98 Å². The number of nitrogens with zero attached hydrogens (tertiary/aromatic N) is 1. The van der Waals surface area contributed by atoms with E-state index in [4.69, 9.17) is 9.40 Å². The summed E-state index contributed by atoms with van der Waals surface area (Å²) in [4.78, 5) is 4.78. The molecule has 2 aromatic heterocycles. The Bertz CT molecular complexity index is 2330. The molecule has 0 spiro atoms. The first-order chi connectivity index (χ1) is 21.9. The fraction of sp³-hybridized carbons (Fsp3) is 0.0250. The number of hydrogen-bond donors (Lipinski definition) is 0. The Hall–Kier alpha value is -5.68. The van der Waals surface area contributed by atoms with Crippen LogP contribution in [0, 0.1) is 0 Å². The van der Waals surface area contributed by atoms with Crippen LogP contribution in [0.3, 0.4) is 0 Å². The van der Waals surface area contributed by atoms with Crippen molar-refractivity contribution < 1.29 is 17.6 Å². The third-order valence-electron chi connectivity index (χ3n) is 8.38. The maximum atomic E-state index is 12.9. The topological polar surface area (TPSA) is 26.0 Å². The Morgan fingerprint density at radius 1 is 0.489 bits per heavy atom. The lowest BCUT2D eigenvalue weighted by atomic mass is 9.97. The Balaban J connectivity index is 1.04. The average Bonchev–Trinajstić information content (AvgIpc) is 3.47. The quantitative estimate of drug-likeness (QED) is 0.203.